The molecule has 130 valence electrons. The van der Waals surface area contributed by atoms with Crippen molar-refractivity contribution in [3.05, 3.63) is 60.7 Å². The average Bonchev–Trinajstić information content (AvgIpc) is 2.67. The molecule has 0 aromatic heterocycles. The van der Waals surface area contributed by atoms with Gasteiger partial charge in [-0.05, 0) is 17.6 Å². The Balaban J connectivity index is 1.46. The lowest BCUT2D eigenvalue weighted by molar-refractivity contribution is -0.214. The first kappa shape index (κ1) is 17.1. The van der Waals surface area contributed by atoms with Crippen LogP contribution in [0.1, 0.15) is 0 Å². The number of thioether (sulfide) groups is 1. The fourth-order valence-electron chi connectivity index (χ4n) is 3.09. The molecule has 25 heavy (non-hydrogen) atoms. The minimum absolute atomic E-state index is 0.305. The Kier molecular flexibility index (Phi) is 5.12. The third-order valence-electron chi connectivity index (χ3n) is 4.40. The van der Waals surface area contributed by atoms with Crippen molar-refractivity contribution in [3.63, 3.8) is 0 Å². The van der Waals surface area contributed by atoms with Crippen LogP contribution in [-0.4, -0.2) is 53.8 Å². The molecule has 2 N–H and O–H groups in total. The number of ether oxygens (including phenoxy) is 1. The molecule has 0 saturated carbocycles. The Morgan fingerprint density at radius 2 is 1.60 bits per heavy atom. The minimum atomic E-state index is -1.04. The summed E-state index contributed by atoms with van der Waals surface area (Å²) in [6.07, 6.45) is -3.11. The summed E-state index contributed by atoms with van der Waals surface area (Å²) in [6.45, 7) is 0.305. The summed E-state index contributed by atoms with van der Waals surface area (Å²) in [7, 11) is -0.564. The number of fused-ring (bicyclic) bond motifs is 1. The van der Waals surface area contributed by atoms with Crippen molar-refractivity contribution in [1.82, 2.24) is 0 Å². The summed E-state index contributed by atoms with van der Waals surface area (Å²) < 4.78 is 17.6. The summed E-state index contributed by atoms with van der Waals surface area (Å²) >= 11 is 1.39. The van der Waals surface area contributed by atoms with Crippen molar-refractivity contribution in [3.8, 4) is 0 Å². The predicted octanol–water partition coefficient (Wildman–Crippen LogP) is 1.04. The maximum Gasteiger partial charge on any atom is 0.494 e. The molecule has 2 heterocycles. The highest BCUT2D eigenvalue weighted by Gasteiger charge is 2.49. The van der Waals surface area contributed by atoms with E-state index in [1.165, 1.54) is 11.8 Å². The van der Waals surface area contributed by atoms with Gasteiger partial charge in [0.05, 0.1) is 6.61 Å². The highest BCUT2D eigenvalue weighted by atomic mass is 32.2. The van der Waals surface area contributed by atoms with E-state index in [2.05, 4.69) is 0 Å². The number of aliphatic hydroxyl groups excluding tert-OH is 2. The van der Waals surface area contributed by atoms with E-state index in [-0.39, 0.29) is 0 Å². The van der Waals surface area contributed by atoms with Crippen molar-refractivity contribution in [2.75, 3.05) is 6.61 Å². The van der Waals surface area contributed by atoms with Crippen LogP contribution < -0.4 is 5.46 Å². The van der Waals surface area contributed by atoms with E-state index in [4.69, 9.17) is 14.0 Å². The highest BCUT2D eigenvalue weighted by molar-refractivity contribution is 7.99. The minimum Gasteiger partial charge on any atom is -0.404 e. The quantitative estimate of drug-likeness (QED) is 0.800. The first-order valence-corrected chi connectivity index (χ1v) is 9.15. The van der Waals surface area contributed by atoms with Crippen LogP contribution >= 0.6 is 11.8 Å². The zero-order valence-electron chi connectivity index (χ0n) is 13.5. The van der Waals surface area contributed by atoms with E-state index in [0.717, 1.165) is 10.4 Å². The van der Waals surface area contributed by atoms with Gasteiger partial charge in [-0.2, -0.15) is 0 Å². The van der Waals surface area contributed by atoms with E-state index < -0.39 is 37.0 Å². The molecule has 2 aromatic rings. The monoisotopic (exact) mass is 358 g/mol. The number of hydrogen-bond donors (Lipinski definition) is 2. The molecule has 0 bridgehead atoms. The lowest BCUT2D eigenvalue weighted by Crippen LogP contribution is -2.64. The van der Waals surface area contributed by atoms with Gasteiger partial charge in [-0.3, -0.25) is 0 Å². The van der Waals surface area contributed by atoms with Gasteiger partial charge in [0.25, 0.3) is 0 Å². The molecule has 2 saturated heterocycles. The van der Waals surface area contributed by atoms with Crippen molar-refractivity contribution >= 4 is 24.3 Å². The summed E-state index contributed by atoms with van der Waals surface area (Å²) in [5.74, 6) is 0. The molecule has 5 nitrogen and oxygen atoms in total. The van der Waals surface area contributed by atoms with E-state index >= 15 is 0 Å². The van der Waals surface area contributed by atoms with Crippen molar-refractivity contribution in [2.45, 2.75) is 34.7 Å². The van der Waals surface area contributed by atoms with Crippen LogP contribution in [0.4, 0.5) is 0 Å². The second kappa shape index (κ2) is 7.49. The van der Waals surface area contributed by atoms with E-state index in [1.807, 2.05) is 60.7 Å². The van der Waals surface area contributed by atoms with Crippen LogP contribution in [0, 0.1) is 0 Å². The Bertz CT molecular complexity index is 686. The van der Waals surface area contributed by atoms with Crippen LogP contribution in [-0.2, 0) is 14.0 Å². The van der Waals surface area contributed by atoms with Gasteiger partial charge in [0.2, 0.25) is 0 Å². The van der Waals surface area contributed by atoms with Crippen molar-refractivity contribution < 1.29 is 24.3 Å². The predicted molar refractivity (Wildman–Crippen MR) is 95.6 cm³/mol. The van der Waals surface area contributed by atoms with Crippen molar-refractivity contribution in [1.29, 1.82) is 0 Å². The SMILES string of the molecule is O[C@@H]1[C@@H](O)[C@H](Sc2ccccc2)O[C@@H]2COB(c3ccccc3)O[C@@H]12. The summed E-state index contributed by atoms with van der Waals surface area (Å²) in [5, 5.41) is 21.0. The molecular formula is C18H19BO5S. The second-order valence-corrected chi connectivity index (χ2v) is 7.30. The molecular weight excluding hydrogens is 339 g/mol. The number of hydrogen-bond acceptors (Lipinski definition) is 6. The smallest absolute Gasteiger partial charge is 0.404 e. The third-order valence-corrected chi connectivity index (χ3v) is 5.57. The van der Waals surface area contributed by atoms with Gasteiger partial charge in [-0.25, -0.2) is 0 Å². The van der Waals surface area contributed by atoms with Gasteiger partial charge in [0, 0.05) is 4.90 Å². The molecule has 4 rings (SSSR count). The lowest BCUT2D eigenvalue weighted by atomic mass is 9.76. The molecule has 0 aliphatic carbocycles. The normalized spacial score (nSPS) is 32.2. The average molecular weight is 358 g/mol. The third kappa shape index (κ3) is 3.62. The maximum absolute atomic E-state index is 10.6. The molecule has 0 radical (unpaired) electrons. The Morgan fingerprint density at radius 3 is 2.32 bits per heavy atom. The van der Waals surface area contributed by atoms with Crippen LogP contribution in [0.3, 0.4) is 0 Å². The van der Waals surface area contributed by atoms with Gasteiger partial charge in [-0.15, -0.1) is 0 Å². The van der Waals surface area contributed by atoms with Gasteiger partial charge >= 0.3 is 7.12 Å². The molecule has 2 aliphatic heterocycles. The zero-order chi connectivity index (χ0) is 17.2. The fraction of sp³-hybridized carbons (Fsp3) is 0.333. The van der Waals surface area contributed by atoms with Gasteiger partial charge in [0.15, 0.2) is 0 Å². The molecule has 2 aliphatic rings. The molecule has 0 spiro atoms. The molecule has 2 fully saturated rings. The molecule has 0 amide bonds. The first-order valence-electron chi connectivity index (χ1n) is 8.28. The number of rotatable bonds is 3. The summed E-state index contributed by atoms with van der Waals surface area (Å²) in [6, 6.07) is 19.2. The molecule has 0 unspecified atom stereocenters. The Morgan fingerprint density at radius 1 is 0.920 bits per heavy atom. The van der Waals surface area contributed by atoms with E-state index in [0.29, 0.717) is 6.61 Å². The fourth-order valence-corrected chi connectivity index (χ4v) is 4.17. The summed E-state index contributed by atoms with van der Waals surface area (Å²) in [5.41, 5.74) is 0.308. The van der Waals surface area contributed by atoms with Gasteiger partial charge in [0.1, 0.15) is 29.9 Å². The molecule has 2 aromatic carbocycles. The van der Waals surface area contributed by atoms with E-state index in [9.17, 15) is 10.2 Å². The van der Waals surface area contributed by atoms with Crippen LogP contribution in [0.25, 0.3) is 0 Å². The zero-order valence-corrected chi connectivity index (χ0v) is 14.3. The Hall–Kier alpha value is -1.35. The van der Waals surface area contributed by atoms with Gasteiger partial charge in [-0.1, -0.05) is 60.3 Å². The Labute approximate surface area is 151 Å². The lowest BCUT2D eigenvalue weighted by Gasteiger charge is -2.46. The molecule has 5 atom stereocenters. The standard InChI is InChI=1S/C18H19BO5S/c20-15-16(21)18(25-13-9-5-2-6-10-13)23-14-11-22-19(24-17(14)15)12-7-3-1-4-8-12/h1-10,14-18,20-21H,11H2/t14-,15-,16-,17-,18+/m1/s1. The highest BCUT2D eigenvalue weighted by Crippen LogP contribution is 2.35. The van der Waals surface area contributed by atoms with Crippen LogP contribution in [0.2, 0.25) is 0 Å². The second-order valence-electron chi connectivity index (χ2n) is 6.13. The van der Waals surface area contributed by atoms with Crippen LogP contribution in [0.15, 0.2) is 65.6 Å². The van der Waals surface area contributed by atoms with E-state index in [1.54, 1.807) is 0 Å². The topological polar surface area (TPSA) is 68.2 Å². The van der Waals surface area contributed by atoms with Crippen LogP contribution in [0.5, 0.6) is 0 Å². The van der Waals surface area contributed by atoms with Gasteiger partial charge < -0.3 is 24.3 Å². The largest absolute Gasteiger partial charge is 0.494 e. The number of aliphatic hydroxyl groups is 2. The summed E-state index contributed by atoms with van der Waals surface area (Å²) in [4.78, 5) is 0.969. The maximum atomic E-state index is 10.6. The molecule has 7 heteroatoms. The van der Waals surface area contributed by atoms with Crippen molar-refractivity contribution in [2.24, 2.45) is 0 Å². The number of benzene rings is 2. The first-order chi connectivity index (χ1) is 12.2.